The second-order valence-electron chi connectivity index (χ2n) is 6.96. The van der Waals surface area contributed by atoms with Gasteiger partial charge in [-0.3, -0.25) is 9.59 Å². The molecule has 6 heteroatoms. The number of ether oxygens (including phenoxy) is 1. The van der Waals surface area contributed by atoms with Crippen LogP contribution in [0.4, 0.5) is 11.4 Å². The van der Waals surface area contributed by atoms with E-state index in [2.05, 4.69) is 10.6 Å². The number of carbonyl (C=O) groups is 2. The SMILES string of the molecule is COc1ccc(NC(=O)c2oc3ccccc3c2NC(=O)C2CCCC2)cc1. The lowest BCUT2D eigenvalue weighted by molar-refractivity contribution is -0.119. The van der Waals surface area contributed by atoms with Crippen molar-refractivity contribution < 1.29 is 18.7 Å². The van der Waals surface area contributed by atoms with Gasteiger partial charge in [-0.15, -0.1) is 0 Å². The first-order valence-electron chi connectivity index (χ1n) is 9.43. The summed E-state index contributed by atoms with van der Waals surface area (Å²) in [6.45, 7) is 0. The van der Waals surface area contributed by atoms with Gasteiger partial charge >= 0.3 is 0 Å². The third-order valence-electron chi connectivity index (χ3n) is 5.12. The number of anilines is 2. The van der Waals surface area contributed by atoms with Gasteiger partial charge in [0.1, 0.15) is 17.0 Å². The fourth-order valence-electron chi connectivity index (χ4n) is 3.60. The summed E-state index contributed by atoms with van der Waals surface area (Å²) < 4.78 is 10.9. The number of methoxy groups -OCH3 is 1. The molecule has 0 bridgehead atoms. The quantitative estimate of drug-likeness (QED) is 0.667. The van der Waals surface area contributed by atoms with Crippen molar-refractivity contribution in [2.45, 2.75) is 25.7 Å². The number of para-hydroxylation sites is 1. The maximum atomic E-state index is 12.9. The molecule has 0 radical (unpaired) electrons. The van der Waals surface area contributed by atoms with Crippen molar-refractivity contribution in [1.82, 2.24) is 0 Å². The first-order chi connectivity index (χ1) is 13.7. The Morgan fingerprint density at radius 1 is 1.00 bits per heavy atom. The molecule has 1 aliphatic carbocycles. The molecule has 2 N–H and O–H groups in total. The smallest absolute Gasteiger partial charge is 0.293 e. The monoisotopic (exact) mass is 378 g/mol. The van der Waals surface area contributed by atoms with E-state index in [9.17, 15) is 9.59 Å². The fraction of sp³-hybridized carbons (Fsp3) is 0.273. The summed E-state index contributed by atoms with van der Waals surface area (Å²) in [6.07, 6.45) is 3.90. The van der Waals surface area contributed by atoms with Crippen LogP contribution in [0.15, 0.2) is 52.9 Å². The summed E-state index contributed by atoms with van der Waals surface area (Å²) in [6, 6.07) is 14.3. The Kier molecular flexibility index (Phi) is 5.02. The van der Waals surface area contributed by atoms with Crippen LogP contribution < -0.4 is 15.4 Å². The molecule has 1 aromatic heterocycles. The molecule has 1 aliphatic rings. The zero-order valence-electron chi connectivity index (χ0n) is 15.7. The standard InChI is InChI=1S/C22H22N2O4/c1-27-16-12-10-15(11-13-16)23-22(26)20-19(17-8-4-5-9-18(17)28-20)24-21(25)14-6-2-3-7-14/h4-5,8-14H,2-3,6-7H2,1H3,(H,23,26)(H,24,25). The summed E-state index contributed by atoms with van der Waals surface area (Å²) in [5, 5.41) is 6.48. The average Bonchev–Trinajstić information content (AvgIpc) is 3.37. The van der Waals surface area contributed by atoms with Crippen molar-refractivity contribution in [3.63, 3.8) is 0 Å². The maximum Gasteiger partial charge on any atom is 0.293 e. The molecule has 0 saturated heterocycles. The van der Waals surface area contributed by atoms with Crippen LogP contribution in [0.3, 0.4) is 0 Å². The van der Waals surface area contributed by atoms with E-state index in [-0.39, 0.29) is 17.6 Å². The molecule has 1 heterocycles. The Morgan fingerprint density at radius 3 is 2.43 bits per heavy atom. The van der Waals surface area contributed by atoms with Crippen molar-refractivity contribution in [1.29, 1.82) is 0 Å². The molecular formula is C22H22N2O4. The Morgan fingerprint density at radius 2 is 1.71 bits per heavy atom. The molecule has 2 amide bonds. The van der Waals surface area contributed by atoms with Crippen molar-refractivity contribution in [3.05, 3.63) is 54.3 Å². The van der Waals surface area contributed by atoms with Crippen LogP contribution in [0.25, 0.3) is 11.0 Å². The van der Waals surface area contributed by atoms with Gasteiger partial charge < -0.3 is 19.8 Å². The Labute approximate surface area is 162 Å². The first kappa shape index (κ1) is 18.1. The van der Waals surface area contributed by atoms with Crippen molar-refractivity contribution in [2.75, 3.05) is 17.7 Å². The second-order valence-corrected chi connectivity index (χ2v) is 6.96. The lowest BCUT2D eigenvalue weighted by Gasteiger charge is -2.11. The van der Waals surface area contributed by atoms with E-state index in [1.165, 1.54) is 0 Å². The lowest BCUT2D eigenvalue weighted by atomic mass is 10.1. The normalized spacial score (nSPS) is 14.2. The van der Waals surface area contributed by atoms with Crippen LogP contribution in [0, 0.1) is 5.92 Å². The number of nitrogens with one attached hydrogen (secondary N) is 2. The molecule has 28 heavy (non-hydrogen) atoms. The van der Waals surface area contributed by atoms with Gasteiger partial charge in [0, 0.05) is 17.0 Å². The average molecular weight is 378 g/mol. The minimum atomic E-state index is -0.414. The van der Waals surface area contributed by atoms with Gasteiger partial charge in [0.15, 0.2) is 0 Å². The molecule has 0 spiro atoms. The predicted octanol–water partition coefficient (Wildman–Crippen LogP) is 4.82. The number of hydrogen-bond donors (Lipinski definition) is 2. The second kappa shape index (κ2) is 7.76. The van der Waals surface area contributed by atoms with Gasteiger partial charge in [-0.25, -0.2) is 0 Å². The molecule has 1 fully saturated rings. The van der Waals surface area contributed by atoms with Crippen LogP contribution in [-0.2, 0) is 4.79 Å². The minimum Gasteiger partial charge on any atom is -0.497 e. The maximum absolute atomic E-state index is 12.9. The molecule has 0 unspecified atom stereocenters. The van der Waals surface area contributed by atoms with E-state index in [4.69, 9.17) is 9.15 Å². The molecule has 6 nitrogen and oxygen atoms in total. The van der Waals surface area contributed by atoms with E-state index in [1.807, 2.05) is 18.2 Å². The van der Waals surface area contributed by atoms with E-state index >= 15 is 0 Å². The summed E-state index contributed by atoms with van der Waals surface area (Å²) in [5.41, 5.74) is 1.60. The molecule has 4 rings (SSSR count). The number of furan rings is 1. The highest BCUT2D eigenvalue weighted by molar-refractivity contribution is 6.14. The Hall–Kier alpha value is -3.28. The fourth-order valence-corrected chi connectivity index (χ4v) is 3.60. The molecule has 0 aliphatic heterocycles. The molecule has 3 aromatic rings. The number of hydrogen-bond acceptors (Lipinski definition) is 4. The van der Waals surface area contributed by atoms with Crippen LogP contribution in [-0.4, -0.2) is 18.9 Å². The summed E-state index contributed by atoms with van der Waals surface area (Å²) in [4.78, 5) is 25.5. The third-order valence-corrected chi connectivity index (χ3v) is 5.12. The largest absolute Gasteiger partial charge is 0.497 e. The highest BCUT2D eigenvalue weighted by Crippen LogP contribution is 2.33. The molecule has 1 saturated carbocycles. The summed E-state index contributed by atoms with van der Waals surface area (Å²) in [5.74, 6) is 0.325. The third kappa shape index (κ3) is 3.58. The number of fused-ring (bicyclic) bond motifs is 1. The van der Waals surface area contributed by atoms with Crippen molar-refractivity contribution >= 4 is 34.2 Å². The van der Waals surface area contributed by atoms with Gasteiger partial charge in [0.25, 0.3) is 5.91 Å². The highest BCUT2D eigenvalue weighted by Gasteiger charge is 2.27. The van der Waals surface area contributed by atoms with E-state index in [1.54, 1.807) is 37.4 Å². The topological polar surface area (TPSA) is 80.6 Å². The Balaban J connectivity index is 1.63. The first-order valence-corrected chi connectivity index (χ1v) is 9.43. The Bertz CT molecular complexity index is 1000. The van der Waals surface area contributed by atoms with Gasteiger partial charge in [-0.1, -0.05) is 25.0 Å². The predicted molar refractivity (Wildman–Crippen MR) is 108 cm³/mol. The van der Waals surface area contributed by atoms with Gasteiger partial charge in [-0.05, 0) is 49.2 Å². The molecule has 0 atom stereocenters. The van der Waals surface area contributed by atoms with E-state index in [0.717, 1.165) is 25.7 Å². The highest BCUT2D eigenvalue weighted by atomic mass is 16.5. The van der Waals surface area contributed by atoms with Crippen LogP contribution >= 0.6 is 0 Å². The van der Waals surface area contributed by atoms with E-state index < -0.39 is 5.91 Å². The number of carbonyl (C=O) groups excluding carboxylic acids is 2. The number of amides is 2. The molecule has 2 aromatic carbocycles. The van der Waals surface area contributed by atoms with Crippen molar-refractivity contribution in [2.24, 2.45) is 5.92 Å². The minimum absolute atomic E-state index is 0.00818. The van der Waals surface area contributed by atoms with Crippen LogP contribution in [0.1, 0.15) is 36.2 Å². The molecule has 144 valence electrons. The summed E-state index contributed by atoms with van der Waals surface area (Å²) >= 11 is 0. The van der Waals surface area contributed by atoms with Crippen LogP contribution in [0.2, 0.25) is 0 Å². The zero-order valence-corrected chi connectivity index (χ0v) is 15.7. The van der Waals surface area contributed by atoms with Crippen molar-refractivity contribution in [3.8, 4) is 5.75 Å². The molecular weight excluding hydrogens is 356 g/mol. The van der Waals surface area contributed by atoms with Gasteiger partial charge in [-0.2, -0.15) is 0 Å². The lowest BCUT2D eigenvalue weighted by Crippen LogP contribution is -2.22. The van der Waals surface area contributed by atoms with Gasteiger partial charge in [0.05, 0.1) is 7.11 Å². The number of rotatable bonds is 5. The van der Waals surface area contributed by atoms with Crippen LogP contribution in [0.5, 0.6) is 5.75 Å². The number of benzene rings is 2. The summed E-state index contributed by atoms with van der Waals surface area (Å²) in [7, 11) is 1.58. The van der Waals surface area contributed by atoms with E-state index in [0.29, 0.717) is 28.1 Å². The van der Waals surface area contributed by atoms with Gasteiger partial charge in [0.2, 0.25) is 11.7 Å². The zero-order chi connectivity index (χ0) is 19.5.